The van der Waals surface area contributed by atoms with Crippen molar-refractivity contribution in [2.45, 2.75) is 11.8 Å². The molecule has 0 saturated carbocycles. The lowest BCUT2D eigenvalue weighted by atomic mass is 10.1. The lowest BCUT2D eigenvalue weighted by molar-refractivity contribution is 0.313. The van der Waals surface area contributed by atoms with Gasteiger partial charge in [-0.15, -0.1) is 11.6 Å². The summed E-state index contributed by atoms with van der Waals surface area (Å²) in [5.74, 6) is 1.46. The molecule has 0 amide bonds. The van der Waals surface area contributed by atoms with E-state index in [-0.39, 0.29) is 4.90 Å². The van der Waals surface area contributed by atoms with Crippen molar-refractivity contribution < 1.29 is 17.9 Å². The SMILES string of the molecule is COc1cc2c(-c3cc4cccnc4n3S(=O)(=O)c3ccc(C)cc3)cn(C)c2cc1OCCCl. The first kappa shape index (κ1) is 23.3. The Kier molecular flexibility index (Phi) is 5.94. The van der Waals surface area contributed by atoms with Gasteiger partial charge in [0.05, 0.1) is 29.1 Å². The van der Waals surface area contributed by atoms with Gasteiger partial charge >= 0.3 is 0 Å². The first-order valence-corrected chi connectivity index (χ1v) is 13.0. The van der Waals surface area contributed by atoms with Crippen LogP contribution >= 0.6 is 11.6 Å². The van der Waals surface area contributed by atoms with Gasteiger partial charge in [-0.05, 0) is 43.3 Å². The Hall–Kier alpha value is -3.49. The summed E-state index contributed by atoms with van der Waals surface area (Å²) in [6.07, 6.45) is 3.50. The quantitative estimate of drug-likeness (QED) is 0.276. The highest BCUT2D eigenvalue weighted by Gasteiger charge is 2.27. The van der Waals surface area contributed by atoms with E-state index in [0.717, 1.165) is 27.4 Å². The lowest BCUT2D eigenvalue weighted by Crippen LogP contribution is -2.14. The van der Waals surface area contributed by atoms with Crippen molar-refractivity contribution in [1.29, 1.82) is 0 Å². The van der Waals surface area contributed by atoms with Crippen LogP contribution in [0.5, 0.6) is 11.5 Å². The maximum Gasteiger partial charge on any atom is 0.269 e. The Bertz CT molecular complexity index is 1650. The van der Waals surface area contributed by atoms with Crippen LogP contribution in [0.25, 0.3) is 33.2 Å². The zero-order valence-electron chi connectivity index (χ0n) is 19.5. The van der Waals surface area contributed by atoms with Gasteiger partial charge in [0.25, 0.3) is 10.0 Å². The number of aromatic nitrogens is 3. The maximum absolute atomic E-state index is 13.9. The number of halogens is 1. The fraction of sp³-hybridized carbons (Fsp3) is 0.192. The van der Waals surface area contributed by atoms with Crippen LogP contribution in [0.3, 0.4) is 0 Å². The second-order valence-electron chi connectivity index (χ2n) is 8.24. The molecule has 9 heteroatoms. The number of alkyl halides is 1. The summed E-state index contributed by atoms with van der Waals surface area (Å²) in [4.78, 5) is 4.62. The topological polar surface area (TPSA) is 75.4 Å². The normalized spacial score (nSPS) is 11.9. The van der Waals surface area contributed by atoms with E-state index in [1.165, 1.54) is 3.97 Å². The van der Waals surface area contributed by atoms with Gasteiger partial charge in [0.1, 0.15) is 6.61 Å². The number of hydrogen-bond acceptors (Lipinski definition) is 5. The Labute approximate surface area is 208 Å². The first-order chi connectivity index (χ1) is 16.8. The summed E-state index contributed by atoms with van der Waals surface area (Å²) in [7, 11) is -0.463. The highest BCUT2D eigenvalue weighted by molar-refractivity contribution is 7.90. The van der Waals surface area contributed by atoms with Crippen LogP contribution in [-0.2, 0) is 17.1 Å². The number of benzene rings is 2. The number of fused-ring (bicyclic) bond motifs is 2. The van der Waals surface area contributed by atoms with E-state index >= 15 is 0 Å². The third-order valence-corrected chi connectivity index (χ3v) is 7.84. The van der Waals surface area contributed by atoms with Crippen LogP contribution in [0.2, 0.25) is 0 Å². The second kappa shape index (κ2) is 8.94. The molecule has 3 heterocycles. The third-order valence-electron chi connectivity index (χ3n) is 5.96. The number of pyridine rings is 1. The molecule has 0 aliphatic rings. The van der Waals surface area contributed by atoms with Gasteiger partial charge in [0, 0.05) is 41.8 Å². The minimum absolute atomic E-state index is 0.196. The Morgan fingerprint density at radius 2 is 1.83 bits per heavy atom. The predicted octanol–water partition coefficient (Wildman–Crippen LogP) is 5.37. The van der Waals surface area contributed by atoms with Crippen LogP contribution in [0.1, 0.15) is 5.56 Å². The Morgan fingerprint density at radius 1 is 1.06 bits per heavy atom. The number of hydrogen-bond donors (Lipinski definition) is 0. The largest absolute Gasteiger partial charge is 0.493 e. The summed E-state index contributed by atoms with van der Waals surface area (Å²) >= 11 is 5.80. The van der Waals surface area contributed by atoms with E-state index in [0.29, 0.717) is 35.3 Å². The number of methoxy groups -OCH3 is 1. The summed E-state index contributed by atoms with van der Waals surface area (Å²) in [5, 5.41) is 1.55. The molecule has 0 radical (unpaired) electrons. The average Bonchev–Trinajstić information content (AvgIpc) is 3.40. The molecule has 0 fully saturated rings. The van der Waals surface area contributed by atoms with E-state index in [1.807, 2.05) is 49.0 Å². The second-order valence-corrected chi connectivity index (χ2v) is 10.4. The fourth-order valence-corrected chi connectivity index (χ4v) is 5.83. The van der Waals surface area contributed by atoms with Crippen molar-refractivity contribution >= 4 is 43.6 Å². The molecular weight excluding hydrogens is 486 g/mol. The summed E-state index contributed by atoms with van der Waals surface area (Å²) in [6.45, 7) is 2.26. The predicted molar refractivity (Wildman–Crippen MR) is 138 cm³/mol. The molecule has 2 aromatic carbocycles. The lowest BCUT2D eigenvalue weighted by Gasteiger charge is -2.13. The molecule has 0 aliphatic heterocycles. The molecule has 3 aromatic heterocycles. The fourth-order valence-electron chi connectivity index (χ4n) is 4.27. The number of aryl methyl sites for hydroxylation is 2. The maximum atomic E-state index is 13.9. The van der Waals surface area contributed by atoms with E-state index < -0.39 is 10.0 Å². The van der Waals surface area contributed by atoms with Crippen molar-refractivity contribution in [2.75, 3.05) is 19.6 Å². The summed E-state index contributed by atoms with van der Waals surface area (Å²) < 4.78 is 42.4. The van der Waals surface area contributed by atoms with Crippen molar-refractivity contribution in [3.63, 3.8) is 0 Å². The molecule has 35 heavy (non-hydrogen) atoms. The van der Waals surface area contributed by atoms with Crippen LogP contribution in [0.15, 0.2) is 71.9 Å². The monoisotopic (exact) mass is 509 g/mol. The van der Waals surface area contributed by atoms with Crippen LogP contribution in [0, 0.1) is 6.92 Å². The van der Waals surface area contributed by atoms with Crippen molar-refractivity contribution in [3.8, 4) is 22.8 Å². The van der Waals surface area contributed by atoms with Crippen molar-refractivity contribution in [2.24, 2.45) is 7.05 Å². The molecule has 0 bridgehead atoms. The number of ether oxygens (including phenoxy) is 2. The van der Waals surface area contributed by atoms with Gasteiger partial charge in [-0.1, -0.05) is 17.7 Å². The Balaban J connectivity index is 1.80. The van der Waals surface area contributed by atoms with Gasteiger partial charge in [-0.25, -0.2) is 17.4 Å². The molecule has 0 atom stereocenters. The van der Waals surface area contributed by atoms with Crippen molar-refractivity contribution in [1.82, 2.24) is 13.5 Å². The molecule has 0 spiro atoms. The van der Waals surface area contributed by atoms with Gasteiger partial charge in [0.15, 0.2) is 17.1 Å². The minimum Gasteiger partial charge on any atom is -0.493 e. The zero-order chi connectivity index (χ0) is 24.7. The minimum atomic E-state index is -3.94. The van der Waals surface area contributed by atoms with E-state index in [9.17, 15) is 8.42 Å². The third kappa shape index (κ3) is 3.92. The van der Waals surface area contributed by atoms with Crippen LogP contribution < -0.4 is 9.47 Å². The first-order valence-electron chi connectivity index (χ1n) is 11.0. The summed E-state index contributed by atoms with van der Waals surface area (Å²) in [6, 6.07) is 16.1. The molecular formula is C26H24ClN3O4S. The van der Waals surface area contributed by atoms with Gasteiger partial charge in [-0.2, -0.15) is 0 Å². The molecule has 0 unspecified atom stereocenters. The van der Waals surface area contributed by atoms with Gasteiger partial charge in [-0.3, -0.25) is 0 Å². The highest BCUT2D eigenvalue weighted by atomic mass is 35.5. The summed E-state index contributed by atoms with van der Waals surface area (Å²) in [5.41, 5.74) is 3.46. The molecule has 0 aliphatic carbocycles. The Morgan fingerprint density at radius 3 is 2.54 bits per heavy atom. The molecule has 5 rings (SSSR count). The smallest absolute Gasteiger partial charge is 0.269 e. The standard InChI is InChI=1S/C26H24ClN3O4S/c1-17-6-8-19(9-7-17)35(31,32)30-23(13-18-5-4-11-28-26(18)30)21-16-29(2)22-15-25(34-12-10-27)24(33-3)14-20(21)22/h4-9,11,13-16H,10,12H2,1-3H3. The molecule has 5 aromatic rings. The number of rotatable bonds is 7. The average molecular weight is 510 g/mol. The van der Waals surface area contributed by atoms with Crippen LogP contribution in [-0.4, -0.2) is 41.5 Å². The molecule has 0 N–H and O–H groups in total. The van der Waals surface area contributed by atoms with E-state index in [4.69, 9.17) is 21.1 Å². The van der Waals surface area contributed by atoms with E-state index in [2.05, 4.69) is 4.98 Å². The number of nitrogens with zero attached hydrogens (tertiary/aromatic N) is 3. The highest BCUT2D eigenvalue weighted by Crippen LogP contribution is 2.40. The molecule has 7 nitrogen and oxygen atoms in total. The molecule has 180 valence electrons. The molecule has 0 saturated heterocycles. The zero-order valence-corrected chi connectivity index (χ0v) is 21.1. The van der Waals surface area contributed by atoms with Crippen LogP contribution in [0.4, 0.5) is 0 Å². The van der Waals surface area contributed by atoms with E-state index in [1.54, 1.807) is 43.6 Å². The van der Waals surface area contributed by atoms with Gasteiger partial charge < -0.3 is 14.0 Å². The van der Waals surface area contributed by atoms with Crippen molar-refractivity contribution in [3.05, 3.63) is 72.6 Å². The van der Waals surface area contributed by atoms with Gasteiger partial charge in [0.2, 0.25) is 0 Å².